The van der Waals surface area contributed by atoms with Crippen LogP contribution in [0.25, 0.3) is 21.1 Å². The average molecular weight is 407 g/mol. The normalized spacial score (nSPS) is 11.2. The third-order valence-electron chi connectivity index (χ3n) is 4.37. The van der Waals surface area contributed by atoms with Crippen LogP contribution in [0, 0.1) is 0 Å². The van der Waals surface area contributed by atoms with E-state index in [4.69, 9.17) is 16.6 Å². The largest absolute Gasteiger partial charge is 0.350 e. The molecule has 0 saturated carbocycles. The molecule has 0 saturated heterocycles. The van der Waals surface area contributed by atoms with E-state index in [1.54, 1.807) is 17.5 Å². The van der Waals surface area contributed by atoms with Crippen LogP contribution in [0.15, 0.2) is 60.1 Å². The van der Waals surface area contributed by atoms with Gasteiger partial charge in [-0.05, 0) is 47.3 Å². The average Bonchev–Trinajstić information content (AvgIpc) is 3.36. The van der Waals surface area contributed by atoms with Gasteiger partial charge in [0.2, 0.25) is 5.95 Å². The van der Waals surface area contributed by atoms with Gasteiger partial charge in [0.25, 0.3) is 0 Å². The van der Waals surface area contributed by atoms with Crippen LogP contribution >= 0.6 is 22.9 Å². The van der Waals surface area contributed by atoms with E-state index in [0.717, 1.165) is 43.2 Å². The van der Waals surface area contributed by atoms with Gasteiger partial charge in [-0.25, -0.2) is 4.98 Å². The van der Waals surface area contributed by atoms with Gasteiger partial charge in [-0.2, -0.15) is 10.1 Å². The number of fused-ring (bicyclic) bond motifs is 2. The summed E-state index contributed by atoms with van der Waals surface area (Å²) in [6.07, 6.45) is 1.81. The molecule has 0 bridgehead atoms. The van der Waals surface area contributed by atoms with Crippen molar-refractivity contribution in [3.63, 3.8) is 0 Å². The van der Waals surface area contributed by atoms with Gasteiger partial charge in [0, 0.05) is 22.6 Å². The van der Waals surface area contributed by atoms with Crippen molar-refractivity contribution in [3.8, 4) is 0 Å². The van der Waals surface area contributed by atoms with Gasteiger partial charge in [-0.1, -0.05) is 23.7 Å². The zero-order chi connectivity index (χ0) is 18.9. The molecule has 8 heteroatoms. The molecule has 0 amide bonds. The quantitative estimate of drug-likeness (QED) is 0.355. The molecule has 0 radical (unpaired) electrons. The molecule has 3 heterocycles. The zero-order valence-electron chi connectivity index (χ0n) is 14.6. The highest BCUT2D eigenvalue weighted by Gasteiger charge is 2.10. The van der Waals surface area contributed by atoms with Gasteiger partial charge in [-0.3, -0.25) is 5.10 Å². The zero-order valence-corrected chi connectivity index (χ0v) is 16.2. The number of rotatable bonds is 5. The molecule has 5 aromatic rings. The molecule has 138 valence electrons. The predicted molar refractivity (Wildman–Crippen MR) is 116 cm³/mol. The number of H-pyrrole nitrogens is 1. The van der Waals surface area contributed by atoms with Gasteiger partial charge in [0.05, 0.1) is 21.9 Å². The number of aromatic nitrogens is 4. The maximum absolute atomic E-state index is 5.95. The Bertz CT molecular complexity index is 1260. The van der Waals surface area contributed by atoms with Gasteiger partial charge in [0.1, 0.15) is 0 Å². The molecule has 0 aliphatic carbocycles. The topological polar surface area (TPSA) is 78.5 Å². The van der Waals surface area contributed by atoms with Crippen LogP contribution in [-0.4, -0.2) is 20.2 Å². The summed E-state index contributed by atoms with van der Waals surface area (Å²) in [4.78, 5) is 9.32. The van der Waals surface area contributed by atoms with Crippen LogP contribution in [0.3, 0.4) is 0 Å². The highest BCUT2D eigenvalue weighted by Crippen LogP contribution is 2.30. The molecule has 2 aromatic carbocycles. The minimum atomic E-state index is 0.577. The van der Waals surface area contributed by atoms with Crippen molar-refractivity contribution in [3.05, 3.63) is 70.7 Å². The van der Waals surface area contributed by atoms with Crippen molar-refractivity contribution in [2.24, 2.45) is 0 Å². The summed E-state index contributed by atoms with van der Waals surface area (Å²) in [5, 5.41) is 17.5. The minimum absolute atomic E-state index is 0.577. The number of anilines is 3. The van der Waals surface area contributed by atoms with Crippen molar-refractivity contribution in [1.29, 1.82) is 0 Å². The van der Waals surface area contributed by atoms with Gasteiger partial charge in [0.15, 0.2) is 5.82 Å². The molecule has 3 N–H and O–H groups in total. The van der Waals surface area contributed by atoms with E-state index >= 15 is 0 Å². The lowest BCUT2D eigenvalue weighted by atomic mass is 10.2. The molecule has 0 fully saturated rings. The number of nitrogens with zero attached hydrogens (tertiary/aromatic N) is 3. The Morgan fingerprint density at radius 2 is 1.93 bits per heavy atom. The summed E-state index contributed by atoms with van der Waals surface area (Å²) in [6.45, 7) is 0.618. The summed E-state index contributed by atoms with van der Waals surface area (Å²) in [6, 6.07) is 15.8. The lowest BCUT2D eigenvalue weighted by Crippen LogP contribution is -2.05. The molecule has 0 unspecified atom stereocenters. The monoisotopic (exact) mass is 406 g/mol. The Balaban J connectivity index is 1.44. The maximum Gasteiger partial charge on any atom is 0.225 e. The fourth-order valence-electron chi connectivity index (χ4n) is 2.97. The van der Waals surface area contributed by atoms with Crippen LogP contribution in [-0.2, 0) is 6.54 Å². The first-order valence-corrected chi connectivity index (χ1v) is 9.94. The number of hydrogen-bond donors (Lipinski definition) is 3. The Morgan fingerprint density at radius 3 is 2.82 bits per heavy atom. The molecule has 3 aromatic heterocycles. The second-order valence-electron chi connectivity index (χ2n) is 6.31. The van der Waals surface area contributed by atoms with Gasteiger partial charge >= 0.3 is 0 Å². The number of hydrogen-bond acceptors (Lipinski definition) is 6. The standard InChI is InChI=1S/C20H15ClN6S/c21-14-3-1-12(2-4-14)10-22-20-25-17-7-8-28-18(17)19(26-20)24-15-5-6-16-13(9-15)11-23-27-16/h1-9,11H,10H2,(H,23,27)(H2,22,24,25,26). The van der Waals surface area contributed by atoms with Gasteiger partial charge in [-0.15, -0.1) is 11.3 Å². The highest BCUT2D eigenvalue weighted by atomic mass is 35.5. The third-order valence-corrected chi connectivity index (χ3v) is 5.53. The molecule has 6 nitrogen and oxygen atoms in total. The molecule has 0 spiro atoms. The first-order valence-electron chi connectivity index (χ1n) is 8.68. The van der Waals surface area contributed by atoms with Crippen LogP contribution < -0.4 is 10.6 Å². The van der Waals surface area contributed by atoms with Crippen LogP contribution in [0.4, 0.5) is 17.5 Å². The number of nitrogens with one attached hydrogen (secondary N) is 3. The minimum Gasteiger partial charge on any atom is -0.350 e. The Kier molecular flexibility index (Phi) is 4.31. The van der Waals surface area contributed by atoms with E-state index in [2.05, 4.69) is 25.8 Å². The van der Waals surface area contributed by atoms with Crippen LogP contribution in [0.5, 0.6) is 0 Å². The highest BCUT2D eigenvalue weighted by molar-refractivity contribution is 7.17. The van der Waals surface area contributed by atoms with E-state index in [1.807, 2.05) is 53.9 Å². The first-order chi connectivity index (χ1) is 13.7. The van der Waals surface area contributed by atoms with E-state index in [1.165, 1.54) is 0 Å². The molecular formula is C20H15ClN6S. The Hall–Kier alpha value is -3.16. The van der Waals surface area contributed by atoms with Crippen molar-refractivity contribution in [2.45, 2.75) is 6.54 Å². The van der Waals surface area contributed by atoms with Gasteiger partial charge < -0.3 is 10.6 Å². The van der Waals surface area contributed by atoms with Crippen molar-refractivity contribution in [1.82, 2.24) is 20.2 Å². The molecule has 28 heavy (non-hydrogen) atoms. The second kappa shape index (κ2) is 7.10. The molecule has 0 aliphatic rings. The predicted octanol–water partition coefficient (Wildman–Crippen LogP) is 5.58. The summed E-state index contributed by atoms with van der Waals surface area (Å²) < 4.78 is 1.02. The lowest BCUT2D eigenvalue weighted by molar-refractivity contribution is 1.07. The number of halogens is 1. The summed E-state index contributed by atoms with van der Waals surface area (Å²) >= 11 is 7.57. The number of benzene rings is 2. The van der Waals surface area contributed by atoms with Crippen molar-refractivity contribution < 1.29 is 0 Å². The smallest absolute Gasteiger partial charge is 0.225 e. The molecule has 5 rings (SSSR count). The third kappa shape index (κ3) is 3.37. The fourth-order valence-corrected chi connectivity index (χ4v) is 3.87. The molecule has 0 aliphatic heterocycles. The Labute approximate surface area is 169 Å². The van der Waals surface area contributed by atoms with E-state index < -0.39 is 0 Å². The van der Waals surface area contributed by atoms with E-state index in [-0.39, 0.29) is 0 Å². The fraction of sp³-hybridized carbons (Fsp3) is 0.0500. The number of aromatic amines is 1. The van der Waals surface area contributed by atoms with Crippen molar-refractivity contribution >= 4 is 61.5 Å². The second-order valence-corrected chi connectivity index (χ2v) is 7.66. The summed E-state index contributed by atoms with van der Waals surface area (Å²) in [7, 11) is 0. The number of thiophene rings is 1. The van der Waals surface area contributed by atoms with Crippen LogP contribution in [0.1, 0.15) is 5.56 Å². The van der Waals surface area contributed by atoms with E-state index in [9.17, 15) is 0 Å². The van der Waals surface area contributed by atoms with Crippen molar-refractivity contribution in [2.75, 3.05) is 10.6 Å². The van der Waals surface area contributed by atoms with Crippen LogP contribution in [0.2, 0.25) is 5.02 Å². The summed E-state index contributed by atoms with van der Waals surface area (Å²) in [5.74, 6) is 1.36. The van der Waals surface area contributed by atoms with E-state index in [0.29, 0.717) is 12.5 Å². The lowest BCUT2D eigenvalue weighted by Gasteiger charge is -2.10. The maximum atomic E-state index is 5.95. The molecule has 0 atom stereocenters. The Morgan fingerprint density at radius 1 is 1.04 bits per heavy atom. The summed E-state index contributed by atoms with van der Waals surface area (Å²) in [5.41, 5.74) is 3.97. The first kappa shape index (κ1) is 17.0. The molecular weight excluding hydrogens is 392 g/mol. The SMILES string of the molecule is Clc1ccc(CNc2nc(Nc3ccc4[nH]ncc4c3)c3sccc3n2)cc1.